The van der Waals surface area contributed by atoms with Gasteiger partial charge in [0.15, 0.2) is 6.61 Å². The van der Waals surface area contributed by atoms with Crippen LogP contribution in [0.15, 0.2) is 42.5 Å². The molecule has 174 valence electrons. The lowest BCUT2D eigenvalue weighted by Crippen LogP contribution is -2.23. The number of anilines is 1. The molecule has 0 aliphatic carbocycles. The molecule has 12 heteroatoms. The van der Waals surface area contributed by atoms with Crippen LogP contribution in [0.2, 0.25) is 5.02 Å². The minimum Gasteiger partial charge on any atom is -0.467 e. The van der Waals surface area contributed by atoms with E-state index in [0.717, 1.165) is 22.9 Å². The van der Waals surface area contributed by atoms with Crippen LogP contribution < -0.4 is 15.4 Å². The minimum absolute atomic E-state index is 0.0706. The summed E-state index contributed by atoms with van der Waals surface area (Å²) in [6.45, 7) is -0.0268. The molecular weight excluding hydrogens is 468 g/mol. The number of carbonyl (C=O) groups is 2. The Morgan fingerprint density at radius 3 is 2.52 bits per heavy atom. The predicted octanol–water partition coefficient (Wildman–Crippen LogP) is 4.53. The van der Waals surface area contributed by atoms with Crippen LogP contribution in [0.3, 0.4) is 0 Å². The molecule has 0 radical (unpaired) electrons. The van der Waals surface area contributed by atoms with E-state index >= 15 is 0 Å². The van der Waals surface area contributed by atoms with E-state index in [9.17, 15) is 27.2 Å². The third kappa shape index (κ3) is 5.80. The van der Waals surface area contributed by atoms with E-state index in [-0.39, 0.29) is 27.7 Å². The summed E-state index contributed by atoms with van der Waals surface area (Å²) < 4.78 is 57.0. The van der Waals surface area contributed by atoms with Gasteiger partial charge in [-0.3, -0.25) is 9.59 Å². The van der Waals surface area contributed by atoms with Crippen molar-refractivity contribution in [2.45, 2.75) is 13.1 Å². The van der Waals surface area contributed by atoms with Gasteiger partial charge in [0.25, 0.3) is 11.8 Å². The fraction of sp³-hybridized carbons (Fsp3) is 0.190. The lowest BCUT2D eigenvalue weighted by atomic mass is 10.1. The summed E-state index contributed by atoms with van der Waals surface area (Å²) in [5.74, 6) is -2.50. The van der Waals surface area contributed by atoms with E-state index in [2.05, 4.69) is 20.5 Å². The number of rotatable bonds is 6. The van der Waals surface area contributed by atoms with E-state index in [1.54, 1.807) is 6.92 Å². The molecular formula is C21H17ClF4N4O3. The number of alkyl halides is 3. The zero-order chi connectivity index (χ0) is 24.3. The van der Waals surface area contributed by atoms with Gasteiger partial charge in [0.05, 0.1) is 16.9 Å². The Kier molecular flexibility index (Phi) is 6.92. The molecule has 7 nitrogen and oxygen atoms in total. The second-order valence-electron chi connectivity index (χ2n) is 6.84. The summed E-state index contributed by atoms with van der Waals surface area (Å²) in [5, 5.41) is 9.12. The Morgan fingerprint density at radius 1 is 1.15 bits per heavy atom. The van der Waals surface area contributed by atoms with Crippen LogP contribution >= 0.6 is 11.6 Å². The second kappa shape index (κ2) is 9.49. The Labute approximate surface area is 190 Å². The van der Waals surface area contributed by atoms with E-state index in [0.29, 0.717) is 5.56 Å². The van der Waals surface area contributed by atoms with Gasteiger partial charge in [-0.1, -0.05) is 17.7 Å². The molecule has 2 amide bonds. The van der Waals surface area contributed by atoms with Crippen molar-refractivity contribution in [2.24, 2.45) is 0 Å². The lowest BCUT2D eigenvalue weighted by Gasteiger charge is -2.14. The Hall–Kier alpha value is -3.60. The number of nitrogens with zero attached hydrogens (tertiary/aromatic N) is 2. The van der Waals surface area contributed by atoms with Crippen LogP contribution in [0.4, 0.5) is 23.2 Å². The van der Waals surface area contributed by atoms with E-state index in [1.807, 2.05) is 0 Å². The molecule has 0 atom stereocenters. The number of aromatic nitrogens is 2. The molecule has 33 heavy (non-hydrogen) atoms. The van der Waals surface area contributed by atoms with E-state index in [4.69, 9.17) is 11.6 Å². The van der Waals surface area contributed by atoms with Gasteiger partial charge in [-0.15, -0.1) is 5.10 Å². The van der Waals surface area contributed by atoms with Crippen molar-refractivity contribution in [1.82, 2.24) is 15.1 Å². The number of hydrogen-bond acceptors (Lipinski definition) is 4. The predicted molar refractivity (Wildman–Crippen MR) is 113 cm³/mol. The molecule has 0 fully saturated rings. The monoisotopic (exact) mass is 484 g/mol. The standard InChI is InChI=1S/C21H17ClF4N4O3/c1-11-6-12(22)7-15(19(31)27-2)18(11)28-20(32)16-9-17(33-10-21(24,25)26)29-30(16)14-5-3-4-13(23)8-14/h3-9H,10H2,1-2H3,(H,27,31)(H,28,32). The van der Waals surface area contributed by atoms with E-state index in [1.165, 1.54) is 31.3 Å². The van der Waals surface area contributed by atoms with Crippen molar-refractivity contribution in [1.29, 1.82) is 0 Å². The number of benzene rings is 2. The molecule has 2 aromatic carbocycles. The van der Waals surface area contributed by atoms with Crippen molar-refractivity contribution < 1.29 is 31.9 Å². The normalized spacial score (nSPS) is 11.2. The molecule has 1 aromatic heterocycles. The van der Waals surface area contributed by atoms with Crippen molar-refractivity contribution >= 4 is 29.1 Å². The summed E-state index contributed by atoms with van der Waals surface area (Å²) in [7, 11) is 1.40. The van der Waals surface area contributed by atoms with Crippen LogP contribution in [0.5, 0.6) is 5.88 Å². The largest absolute Gasteiger partial charge is 0.467 e. The Bertz CT molecular complexity index is 1210. The number of hydrogen-bond donors (Lipinski definition) is 2. The second-order valence-corrected chi connectivity index (χ2v) is 7.28. The van der Waals surface area contributed by atoms with Gasteiger partial charge in [-0.25, -0.2) is 9.07 Å². The summed E-state index contributed by atoms with van der Waals surface area (Å²) >= 11 is 6.02. The molecule has 1 heterocycles. The van der Waals surface area contributed by atoms with Gasteiger partial charge in [0, 0.05) is 18.1 Å². The zero-order valence-electron chi connectivity index (χ0n) is 17.3. The summed E-state index contributed by atoms with van der Waals surface area (Å²) in [6.07, 6.45) is -4.63. The summed E-state index contributed by atoms with van der Waals surface area (Å²) in [4.78, 5) is 25.4. The number of halogens is 5. The van der Waals surface area contributed by atoms with Crippen molar-refractivity contribution in [2.75, 3.05) is 19.0 Å². The Balaban J connectivity index is 2.04. The first-order valence-electron chi connectivity index (χ1n) is 9.37. The van der Waals surface area contributed by atoms with Crippen molar-refractivity contribution in [3.8, 4) is 11.6 Å². The van der Waals surface area contributed by atoms with Crippen LogP contribution in [0.25, 0.3) is 5.69 Å². The smallest absolute Gasteiger partial charge is 0.422 e. The maximum Gasteiger partial charge on any atom is 0.422 e. The molecule has 0 bridgehead atoms. The SMILES string of the molecule is CNC(=O)c1cc(Cl)cc(C)c1NC(=O)c1cc(OCC(F)(F)F)nn1-c1cccc(F)c1. The molecule has 0 saturated carbocycles. The van der Waals surface area contributed by atoms with E-state index < -0.39 is 36.3 Å². The number of aryl methyl sites for hydroxylation is 1. The van der Waals surface area contributed by atoms with Crippen molar-refractivity contribution in [3.63, 3.8) is 0 Å². The van der Waals surface area contributed by atoms with Gasteiger partial charge >= 0.3 is 6.18 Å². The minimum atomic E-state index is -4.63. The number of carbonyl (C=O) groups excluding carboxylic acids is 2. The molecule has 3 aromatic rings. The van der Waals surface area contributed by atoms with Gasteiger partial charge in [-0.05, 0) is 42.8 Å². The fourth-order valence-electron chi connectivity index (χ4n) is 2.95. The molecule has 0 aliphatic heterocycles. The first-order chi connectivity index (χ1) is 15.5. The third-order valence-electron chi connectivity index (χ3n) is 4.37. The first kappa shape index (κ1) is 24.1. The highest BCUT2D eigenvalue weighted by molar-refractivity contribution is 6.31. The van der Waals surface area contributed by atoms with Gasteiger partial charge in [-0.2, -0.15) is 13.2 Å². The topological polar surface area (TPSA) is 85.2 Å². The highest BCUT2D eigenvalue weighted by Crippen LogP contribution is 2.27. The molecule has 3 rings (SSSR count). The highest BCUT2D eigenvalue weighted by Gasteiger charge is 2.30. The van der Waals surface area contributed by atoms with Gasteiger partial charge < -0.3 is 15.4 Å². The molecule has 0 aliphatic rings. The van der Waals surface area contributed by atoms with Crippen LogP contribution in [0, 0.1) is 12.7 Å². The number of ether oxygens (including phenoxy) is 1. The Morgan fingerprint density at radius 2 is 1.88 bits per heavy atom. The molecule has 0 saturated heterocycles. The quantitative estimate of drug-likeness (QED) is 0.504. The number of nitrogens with one attached hydrogen (secondary N) is 2. The van der Waals surface area contributed by atoms with Gasteiger partial charge in [0.1, 0.15) is 11.5 Å². The average Bonchev–Trinajstić information content (AvgIpc) is 3.17. The van der Waals surface area contributed by atoms with Crippen LogP contribution in [-0.4, -0.2) is 41.4 Å². The van der Waals surface area contributed by atoms with Crippen LogP contribution in [-0.2, 0) is 0 Å². The van der Waals surface area contributed by atoms with Crippen molar-refractivity contribution in [3.05, 3.63) is 70.1 Å². The average molecular weight is 485 g/mol. The number of amides is 2. The van der Waals surface area contributed by atoms with Gasteiger partial charge in [0.2, 0.25) is 5.88 Å². The summed E-state index contributed by atoms with van der Waals surface area (Å²) in [6, 6.07) is 8.80. The molecule has 0 unspecified atom stereocenters. The highest BCUT2D eigenvalue weighted by atomic mass is 35.5. The molecule has 2 N–H and O–H groups in total. The first-order valence-corrected chi connectivity index (χ1v) is 9.75. The lowest BCUT2D eigenvalue weighted by molar-refractivity contribution is -0.154. The third-order valence-corrected chi connectivity index (χ3v) is 4.58. The van der Waals surface area contributed by atoms with Crippen LogP contribution in [0.1, 0.15) is 26.4 Å². The maximum atomic E-state index is 13.7. The zero-order valence-corrected chi connectivity index (χ0v) is 18.0. The molecule has 0 spiro atoms. The fourth-order valence-corrected chi connectivity index (χ4v) is 3.23. The summed E-state index contributed by atoms with van der Waals surface area (Å²) in [5.41, 5.74) is 0.478. The maximum absolute atomic E-state index is 13.7.